The van der Waals surface area contributed by atoms with Crippen LogP contribution >= 0.6 is 0 Å². The average Bonchev–Trinajstić information content (AvgIpc) is 2.42. The summed E-state index contributed by atoms with van der Waals surface area (Å²) in [5.41, 5.74) is 7.92. The number of rotatable bonds is 4. The van der Waals surface area contributed by atoms with Crippen molar-refractivity contribution in [2.24, 2.45) is 4.52 Å². The van der Waals surface area contributed by atoms with Gasteiger partial charge in [-0.25, -0.2) is 13.2 Å². The normalized spacial score (nSPS) is 20.4. The van der Waals surface area contributed by atoms with Crippen LogP contribution in [0, 0.1) is 0 Å². The number of carbonyl (C=O) groups is 2. The Morgan fingerprint density at radius 3 is 2.60 bits per heavy atom. The van der Waals surface area contributed by atoms with Crippen LogP contribution in [0.3, 0.4) is 0 Å². The molecule has 10 heteroatoms. The number of nitrogens with zero attached hydrogens (tertiary/aromatic N) is 3. The van der Waals surface area contributed by atoms with E-state index in [1.807, 2.05) is 5.32 Å². The second kappa shape index (κ2) is 4.15. The predicted octanol–water partition coefficient (Wildman–Crippen LogP) is -0.775. The fourth-order valence-corrected chi connectivity index (χ4v) is 1.75. The summed E-state index contributed by atoms with van der Waals surface area (Å²) in [4.78, 5) is 23.7. The maximum absolute atomic E-state index is 11.0. The van der Waals surface area contributed by atoms with Gasteiger partial charge in [-0.15, -0.1) is 0 Å². The van der Waals surface area contributed by atoms with Crippen LogP contribution in [0.15, 0.2) is 4.52 Å². The highest BCUT2D eigenvalue weighted by atomic mass is 32.2. The third-order valence-corrected chi connectivity index (χ3v) is 2.76. The van der Waals surface area contributed by atoms with Crippen molar-refractivity contribution in [1.82, 2.24) is 10.6 Å². The van der Waals surface area contributed by atoms with Crippen LogP contribution in [-0.4, -0.2) is 32.2 Å². The highest BCUT2D eigenvalue weighted by Gasteiger charge is 2.30. The van der Waals surface area contributed by atoms with Crippen molar-refractivity contribution in [2.45, 2.75) is 12.5 Å². The van der Waals surface area contributed by atoms with Crippen molar-refractivity contribution < 1.29 is 18.0 Å². The van der Waals surface area contributed by atoms with Crippen LogP contribution < -0.4 is 10.6 Å². The summed E-state index contributed by atoms with van der Waals surface area (Å²) in [6, 6.07) is -1.55. The molecule has 15 heavy (non-hydrogen) atoms. The minimum atomic E-state index is -3.88. The molecule has 9 nitrogen and oxygen atoms in total. The molecule has 3 amide bonds. The number of azide groups is 1. The lowest BCUT2D eigenvalue weighted by atomic mass is 10.2. The van der Waals surface area contributed by atoms with Gasteiger partial charge >= 0.3 is 6.03 Å². The number of amides is 3. The molecule has 2 N–H and O–H groups in total. The maximum Gasteiger partial charge on any atom is 0.322 e. The molecule has 0 spiro atoms. The standard InChI is InChI=1S/C5H7N5O4S/c6-9-10-15(13,14)2-1-3-4(11)8-5(12)7-3/h3H,1-2H2,(H2,7,8,11,12). The molecule has 0 saturated carbocycles. The van der Waals surface area contributed by atoms with E-state index < -0.39 is 33.8 Å². The Labute approximate surface area is 84.5 Å². The number of urea groups is 1. The quantitative estimate of drug-likeness (QED) is 0.284. The number of sulfonamides is 1. The Kier molecular flexibility index (Phi) is 3.12. The van der Waals surface area contributed by atoms with Gasteiger partial charge < -0.3 is 5.32 Å². The lowest BCUT2D eigenvalue weighted by Gasteiger charge is -2.04. The van der Waals surface area contributed by atoms with E-state index in [1.165, 1.54) is 0 Å². The fraction of sp³-hybridized carbons (Fsp3) is 0.600. The molecule has 1 aliphatic rings. The topological polar surface area (TPSA) is 141 Å². The molecule has 0 aliphatic carbocycles. The molecule has 1 heterocycles. The van der Waals surface area contributed by atoms with Crippen LogP contribution in [0.5, 0.6) is 0 Å². The van der Waals surface area contributed by atoms with Crippen LogP contribution in [0.25, 0.3) is 10.4 Å². The Hall–Kier alpha value is -1.80. The largest absolute Gasteiger partial charge is 0.326 e. The molecular formula is C5H7N5O4S. The number of imide groups is 1. The molecule has 1 saturated heterocycles. The SMILES string of the molecule is [N-]=[N+]=NS(=O)(=O)CCC1NC(=O)NC1=O. The van der Waals surface area contributed by atoms with Crippen molar-refractivity contribution in [3.63, 3.8) is 0 Å². The van der Waals surface area contributed by atoms with Gasteiger partial charge in [0.25, 0.3) is 5.91 Å². The highest BCUT2D eigenvalue weighted by Crippen LogP contribution is 2.03. The third-order valence-electron chi connectivity index (χ3n) is 1.68. The van der Waals surface area contributed by atoms with Crippen LogP contribution in [0.4, 0.5) is 4.79 Å². The number of hydrogen-bond donors (Lipinski definition) is 2. The minimum Gasteiger partial charge on any atom is -0.326 e. The van der Waals surface area contributed by atoms with E-state index in [-0.39, 0.29) is 6.42 Å². The van der Waals surface area contributed by atoms with Gasteiger partial charge in [0.1, 0.15) is 6.04 Å². The monoisotopic (exact) mass is 233 g/mol. The van der Waals surface area contributed by atoms with E-state index in [4.69, 9.17) is 5.53 Å². The van der Waals surface area contributed by atoms with E-state index in [0.29, 0.717) is 0 Å². The van der Waals surface area contributed by atoms with Gasteiger partial charge in [-0.05, 0) is 12.0 Å². The molecule has 1 rings (SSSR count). The summed E-state index contributed by atoms with van der Waals surface area (Å²) in [5.74, 6) is -1.08. The first-order valence-electron chi connectivity index (χ1n) is 3.85. The lowest BCUT2D eigenvalue weighted by molar-refractivity contribution is -0.120. The van der Waals surface area contributed by atoms with Gasteiger partial charge in [-0.1, -0.05) is 0 Å². The summed E-state index contributed by atoms with van der Waals surface area (Å²) >= 11 is 0. The van der Waals surface area contributed by atoms with Gasteiger partial charge in [-0.2, -0.15) is 0 Å². The summed E-state index contributed by atoms with van der Waals surface area (Å²) < 4.78 is 24.4. The second-order valence-electron chi connectivity index (χ2n) is 2.76. The first-order valence-corrected chi connectivity index (χ1v) is 5.46. The summed E-state index contributed by atoms with van der Waals surface area (Å²) in [6.07, 6.45) is -0.126. The minimum absolute atomic E-state index is 0.126. The molecule has 0 aromatic rings. The summed E-state index contributed by atoms with van der Waals surface area (Å²) in [7, 11) is -3.88. The van der Waals surface area contributed by atoms with Crippen LogP contribution in [0.1, 0.15) is 6.42 Å². The second-order valence-corrected chi connectivity index (χ2v) is 4.50. The zero-order chi connectivity index (χ0) is 11.5. The van der Waals surface area contributed by atoms with Crippen LogP contribution in [0.2, 0.25) is 0 Å². The van der Waals surface area contributed by atoms with Gasteiger partial charge in [0.05, 0.1) is 5.75 Å². The van der Waals surface area contributed by atoms with Crippen molar-refractivity contribution >= 4 is 22.0 Å². The Balaban J connectivity index is 2.55. The molecule has 0 bridgehead atoms. The number of nitrogens with one attached hydrogen (secondary N) is 2. The molecule has 1 atom stereocenters. The van der Waals surface area contributed by atoms with Gasteiger partial charge in [0.2, 0.25) is 10.0 Å². The molecule has 0 radical (unpaired) electrons. The van der Waals surface area contributed by atoms with Crippen molar-refractivity contribution in [1.29, 1.82) is 0 Å². The van der Waals surface area contributed by atoms with E-state index in [0.717, 1.165) is 0 Å². The van der Waals surface area contributed by atoms with Crippen LogP contribution in [-0.2, 0) is 14.8 Å². The van der Waals surface area contributed by atoms with Gasteiger partial charge in [-0.3, -0.25) is 10.1 Å². The molecule has 0 aromatic heterocycles. The van der Waals surface area contributed by atoms with E-state index in [1.54, 1.807) is 0 Å². The molecule has 1 aliphatic heterocycles. The predicted molar refractivity (Wildman–Crippen MR) is 48.0 cm³/mol. The number of carbonyl (C=O) groups excluding carboxylic acids is 2. The average molecular weight is 233 g/mol. The fourth-order valence-electron chi connectivity index (χ4n) is 1.03. The van der Waals surface area contributed by atoms with E-state index in [9.17, 15) is 18.0 Å². The van der Waals surface area contributed by atoms with Crippen molar-refractivity contribution in [3.8, 4) is 0 Å². The smallest absolute Gasteiger partial charge is 0.322 e. The molecular weight excluding hydrogens is 226 g/mol. The zero-order valence-electron chi connectivity index (χ0n) is 7.37. The summed E-state index contributed by atoms with van der Waals surface area (Å²) in [5, 5.41) is 4.17. The lowest BCUT2D eigenvalue weighted by Crippen LogP contribution is -2.30. The Bertz CT molecular complexity index is 436. The third kappa shape index (κ3) is 3.11. The molecule has 0 aromatic carbocycles. The highest BCUT2D eigenvalue weighted by molar-refractivity contribution is 7.89. The summed E-state index contributed by atoms with van der Waals surface area (Å²) in [6.45, 7) is 0. The van der Waals surface area contributed by atoms with Gasteiger partial charge in [0, 0.05) is 9.43 Å². The molecule has 1 unspecified atom stereocenters. The zero-order valence-corrected chi connectivity index (χ0v) is 8.19. The first kappa shape index (κ1) is 11.3. The first-order chi connectivity index (χ1) is 6.94. The van der Waals surface area contributed by atoms with E-state index in [2.05, 4.69) is 14.7 Å². The number of hydrogen-bond acceptors (Lipinski definition) is 4. The van der Waals surface area contributed by atoms with Crippen molar-refractivity contribution in [3.05, 3.63) is 10.4 Å². The Morgan fingerprint density at radius 2 is 2.13 bits per heavy atom. The Morgan fingerprint density at radius 1 is 1.47 bits per heavy atom. The van der Waals surface area contributed by atoms with Crippen molar-refractivity contribution in [2.75, 3.05) is 5.75 Å². The molecule has 82 valence electrons. The maximum atomic E-state index is 11.0. The van der Waals surface area contributed by atoms with E-state index >= 15 is 0 Å². The molecule has 1 fully saturated rings. The van der Waals surface area contributed by atoms with Gasteiger partial charge in [0.15, 0.2) is 0 Å².